The Bertz CT molecular complexity index is 634. The average molecular weight is 310 g/mol. The van der Waals surface area contributed by atoms with E-state index in [9.17, 15) is 4.39 Å². The summed E-state index contributed by atoms with van der Waals surface area (Å²) in [7, 11) is 4.83. The molecule has 0 bridgehead atoms. The van der Waals surface area contributed by atoms with Crippen LogP contribution in [-0.2, 0) is 0 Å². The second-order valence-electron chi connectivity index (χ2n) is 4.47. The number of benzene rings is 2. The SMILES string of the molecule is CNC(c1ccc(OC)c(Cl)c1)c1c(F)cccc1OC. The quantitative estimate of drug-likeness (QED) is 0.911. The van der Waals surface area contributed by atoms with Gasteiger partial charge in [-0.2, -0.15) is 0 Å². The van der Waals surface area contributed by atoms with Crippen molar-refractivity contribution >= 4 is 11.6 Å². The monoisotopic (exact) mass is 309 g/mol. The lowest BCUT2D eigenvalue weighted by atomic mass is 9.97. The van der Waals surface area contributed by atoms with Crippen molar-refractivity contribution in [1.29, 1.82) is 0 Å². The molecule has 0 amide bonds. The number of hydrogen-bond donors (Lipinski definition) is 1. The van der Waals surface area contributed by atoms with Crippen molar-refractivity contribution in [2.24, 2.45) is 0 Å². The molecule has 21 heavy (non-hydrogen) atoms. The largest absolute Gasteiger partial charge is 0.496 e. The third-order valence-corrected chi connectivity index (χ3v) is 3.61. The summed E-state index contributed by atoms with van der Waals surface area (Å²) < 4.78 is 24.6. The minimum atomic E-state index is -0.371. The maximum atomic E-state index is 14.2. The van der Waals surface area contributed by atoms with Gasteiger partial charge in [0.1, 0.15) is 17.3 Å². The zero-order valence-electron chi connectivity index (χ0n) is 12.1. The van der Waals surface area contributed by atoms with Crippen LogP contribution in [0.2, 0.25) is 5.02 Å². The van der Waals surface area contributed by atoms with E-state index < -0.39 is 0 Å². The maximum Gasteiger partial charge on any atom is 0.137 e. The van der Waals surface area contributed by atoms with E-state index in [4.69, 9.17) is 21.1 Å². The zero-order valence-corrected chi connectivity index (χ0v) is 12.9. The smallest absolute Gasteiger partial charge is 0.137 e. The van der Waals surface area contributed by atoms with Crippen molar-refractivity contribution in [3.8, 4) is 11.5 Å². The number of rotatable bonds is 5. The van der Waals surface area contributed by atoms with Gasteiger partial charge < -0.3 is 14.8 Å². The van der Waals surface area contributed by atoms with E-state index in [0.717, 1.165) is 5.56 Å². The molecule has 1 N–H and O–H groups in total. The summed E-state index contributed by atoms with van der Waals surface area (Å²) in [4.78, 5) is 0. The molecular formula is C16H17ClFNO2. The van der Waals surface area contributed by atoms with Crippen LogP contribution in [0.1, 0.15) is 17.2 Å². The number of methoxy groups -OCH3 is 2. The minimum Gasteiger partial charge on any atom is -0.496 e. The summed E-state index contributed by atoms with van der Waals surface area (Å²) in [5.74, 6) is 0.734. The molecule has 0 fully saturated rings. The van der Waals surface area contributed by atoms with Crippen LogP contribution in [0, 0.1) is 5.82 Å². The second-order valence-corrected chi connectivity index (χ2v) is 4.88. The molecule has 5 heteroatoms. The molecule has 0 radical (unpaired) electrons. The zero-order chi connectivity index (χ0) is 15.4. The lowest BCUT2D eigenvalue weighted by Gasteiger charge is -2.21. The number of nitrogens with one attached hydrogen (secondary N) is 1. The van der Waals surface area contributed by atoms with Crippen molar-refractivity contribution in [3.05, 3.63) is 58.4 Å². The van der Waals surface area contributed by atoms with Crippen LogP contribution in [0.4, 0.5) is 4.39 Å². The van der Waals surface area contributed by atoms with Crippen molar-refractivity contribution in [1.82, 2.24) is 5.32 Å². The molecule has 2 rings (SSSR count). The lowest BCUT2D eigenvalue weighted by Crippen LogP contribution is -2.20. The number of hydrogen-bond acceptors (Lipinski definition) is 3. The van der Waals surface area contributed by atoms with Crippen LogP contribution in [0.5, 0.6) is 11.5 Å². The first-order valence-electron chi connectivity index (χ1n) is 6.45. The molecule has 2 aromatic rings. The van der Waals surface area contributed by atoms with Gasteiger partial charge in [-0.1, -0.05) is 23.7 Å². The van der Waals surface area contributed by atoms with E-state index in [-0.39, 0.29) is 11.9 Å². The topological polar surface area (TPSA) is 30.5 Å². The highest BCUT2D eigenvalue weighted by Gasteiger charge is 2.21. The van der Waals surface area contributed by atoms with Crippen molar-refractivity contribution in [3.63, 3.8) is 0 Å². The van der Waals surface area contributed by atoms with Gasteiger partial charge in [0.15, 0.2) is 0 Å². The van der Waals surface area contributed by atoms with Crippen LogP contribution in [0.15, 0.2) is 36.4 Å². The Morgan fingerprint density at radius 2 is 1.81 bits per heavy atom. The Morgan fingerprint density at radius 3 is 2.38 bits per heavy atom. The fourth-order valence-electron chi connectivity index (χ4n) is 2.32. The van der Waals surface area contributed by atoms with E-state index in [0.29, 0.717) is 22.1 Å². The minimum absolute atomic E-state index is 0.333. The van der Waals surface area contributed by atoms with Gasteiger partial charge in [-0.25, -0.2) is 4.39 Å². The molecule has 0 saturated heterocycles. The van der Waals surface area contributed by atoms with E-state index in [2.05, 4.69) is 5.32 Å². The van der Waals surface area contributed by atoms with Gasteiger partial charge >= 0.3 is 0 Å². The molecule has 1 atom stereocenters. The summed E-state index contributed by atoms with van der Waals surface area (Å²) in [5, 5.41) is 3.57. The Kier molecular flexibility index (Phi) is 5.04. The second kappa shape index (κ2) is 6.78. The van der Waals surface area contributed by atoms with Gasteiger partial charge in [-0.05, 0) is 36.9 Å². The number of halogens is 2. The molecule has 0 heterocycles. The third-order valence-electron chi connectivity index (χ3n) is 3.32. The van der Waals surface area contributed by atoms with Crippen LogP contribution < -0.4 is 14.8 Å². The standard InChI is InChI=1S/C16H17ClFNO2/c1-19-16(10-7-8-13(20-2)11(17)9-10)15-12(18)5-4-6-14(15)21-3/h4-9,16,19H,1-3H3. The predicted octanol–water partition coefficient (Wildman–Crippen LogP) is 3.81. The van der Waals surface area contributed by atoms with Crippen LogP contribution in [-0.4, -0.2) is 21.3 Å². The fraction of sp³-hybridized carbons (Fsp3) is 0.250. The third kappa shape index (κ3) is 3.12. The van der Waals surface area contributed by atoms with Gasteiger partial charge in [0.2, 0.25) is 0 Å². The van der Waals surface area contributed by atoms with Crippen LogP contribution >= 0.6 is 11.6 Å². The van der Waals surface area contributed by atoms with E-state index >= 15 is 0 Å². The molecule has 0 aliphatic carbocycles. The van der Waals surface area contributed by atoms with Gasteiger partial charge in [-0.3, -0.25) is 0 Å². The van der Waals surface area contributed by atoms with Gasteiger partial charge in [0, 0.05) is 0 Å². The highest BCUT2D eigenvalue weighted by molar-refractivity contribution is 6.32. The molecule has 0 aliphatic rings. The Labute approximate surface area is 128 Å². The molecule has 0 aromatic heterocycles. The molecule has 0 saturated carbocycles. The Morgan fingerprint density at radius 1 is 1.10 bits per heavy atom. The molecular weight excluding hydrogens is 293 g/mol. The van der Waals surface area contributed by atoms with E-state index in [1.807, 2.05) is 6.07 Å². The van der Waals surface area contributed by atoms with Gasteiger partial charge in [-0.15, -0.1) is 0 Å². The number of ether oxygens (including phenoxy) is 2. The normalized spacial score (nSPS) is 12.0. The molecule has 0 aliphatic heterocycles. The summed E-state index contributed by atoms with van der Waals surface area (Å²) >= 11 is 6.15. The van der Waals surface area contributed by atoms with Crippen molar-refractivity contribution < 1.29 is 13.9 Å². The summed E-state index contributed by atoms with van der Waals surface area (Å²) in [6.45, 7) is 0. The molecule has 1 unspecified atom stereocenters. The van der Waals surface area contributed by atoms with Crippen molar-refractivity contribution in [2.75, 3.05) is 21.3 Å². The van der Waals surface area contributed by atoms with Crippen molar-refractivity contribution in [2.45, 2.75) is 6.04 Å². The molecule has 0 spiro atoms. The first-order valence-corrected chi connectivity index (χ1v) is 6.83. The molecule has 2 aromatic carbocycles. The Hall–Kier alpha value is -1.78. The average Bonchev–Trinajstić information content (AvgIpc) is 2.49. The first-order chi connectivity index (χ1) is 10.1. The molecule has 3 nitrogen and oxygen atoms in total. The molecule has 112 valence electrons. The lowest BCUT2D eigenvalue weighted by molar-refractivity contribution is 0.398. The van der Waals surface area contributed by atoms with Gasteiger partial charge in [0.25, 0.3) is 0 Å². The highest BCUT2D eigenvalue weighted by atomic mass is 35.5. The van der Waals surface area contributed by atoms with Crippen LogP contribution in [0.25, 0.3) is 0 Å². The van der Waals surface area contributed by atoms with E-state index in [1.54, 1.807) is 38.4 Å². The Balaban J connectivity index is 2.52. The fourth-order valence-corrected chi connectivity index (χ4v) is 2.58. The van der Waals surface area contributed by atoms with Gasteiger partial charge in [0.05, 0.1) is 30.8 Å². The summed E-state index contributed by atoms with van der Waals surface area (Å²) in [6.07, 6.45) is 0. The first kappa shape index (κ1) is 15.6. The summed E-state index contributed by atoms with van der Waals surface area (Å²) in [6, 6.07) is 9.75. The predicted molar refractivity (Wildman–Crippen MR) is 81.9 cm³/mol. The maximum absolute atomic E-state index is 14.2. The summed E-state index contributed by atoms with van der Waals surface area (Å²) in [5.41, 5.74) is 1.27. The highest BCUT2D eigenvalue weighted by Crippen LogP contribution is 2.35. The van der Waals surface area contributed by atoms with E-state index in [1.165, 1.54) is 13.2 Å². The van der Waals surface area contributed by atoms with Crippen LogP contribution in [0.3, 0.4) is 0 Å².